The molecule has 0 bridgehead atoms. The van der Waals surface area contributed by atoms with Gasteiger partial charge in [-0.25, -0.2) is 9.78 Å². The number of nitrogens with one attached hydrogen (secondary N) is 1. The number of carboxylic acid groups (broad SMARTS) is 1. The standard InChI is InChI=1S/C11H9N3O5/c15-11(16)9-3-2-8(19-9)6-13-10-4-1-7(5-12-10)14(17)18/h1-5H,6H2,(H,12,13)(H,15,16). The predicted octanol–water partition coefficient (Wildman–Crippen LogP) is 1.89. The van der Waals surface area contributed by atoms with Gasteiger partial charge in [0.15, 0.2) is 0 Å². The summed E-state index contributed by atoms with van der Waals surface area (Å²) in [6, 6.07) is 5.66. The molecule has 0 amide bonds. The number of aromatic nitrogens is 1. The molecule has 0 fully saturated rings. The number of rotatable bonds is 5. The maximum Gasteiger partial charge on any atom is 0.371 e. The molecule has 0 aliphatic carbocycles. The monoisotopic (exact) mass is 263 g/mol. The Balaban J connectivity index is 1.97. The Bertz CT molecular complexity index is 605. The average molecular weight is 263 g/mol. The number of hydrogen-bond acceptors (Lipinski definition) is 6. The zero-order valence-electron chi connectivity index (χ0n) is 9.57. The maximum absolute atomic E-state index is 10.6. The predicted molar refractivity (Wildman–Crippen MR) is 63.9 cm³/mol. The van der Waals surface area contributed by atoms with Gasteiger partial charge >= 0.3 is 5.97 Å². The fraction of sp³-hybridized carbons (Fsp3) is 0.0909. The van der Waals surface area contributed by atoms with Crippen LogP contribution in [-0.4, -0.2) is 21.0 Å². The molecule has 0 unspecified atom stereocenters. The minimum absolute atomic E-state index is 0.100. The van der Waals surface area contributed by atoms with E-state index < -0.39 is 10.9 Å². The molecule has 98 valence electrons. The van der Waals surface area contributed by atoms with E-state index in [0.717, 1.165) is 6.20 Å². The van der Waals surface area contributed by atoms with Gasteiger partial charge in [-0.05, 0) is 18.2 Å². The van der Waals surface area contributed by atoms with Crippen LogP contribution in [0.5, 0.6) is 0 Å². The second-order valence-corrected chi connectivity index (χ2v) is 3.58. The van der Waals surface area contributed by atoms with Crippen LogP contribution in [0.2, 0.25) is 0 Å². The van der Waals surface area contributed by atoms with Crippen molar-refractivity contribution < 1.29 is 19.2 Å². The summed E-state index contributed by atoms with van der Waals surface area (Å²) in [6.45, 7) is 0.234. The SMILES string of the molecule is O=C(O)c1ccc(CNc2ccc([N+](=O)[O-])cn2)o1. The van der Waals surface area contributed by atoms with Crippen LogP contribution < -0.4 is 5.32 Å². The van der Waals surface area contributed by atoms with Gasteiger partial charge < -0.3 is 14.8 Å². The molecule has 0 spiro atoms. The second-order valence-electron chi connectivity index (χ2n) is 3.58. The van der Waals surface area contributed by atoms with E-state index in [2.05, 4.69) is 10.3 Å². The molecule has 0 atom stereocenters. The molecular weight excluding hydrogens is 254 g/mol. The fourth-order valence-corrected chi connectivity index (χ4v) is 1.36. The van der Waals surface area contributed by atoms with Gasteiger partial charge in [0.1, 0.15) is 17.8 Å². The van der Waals surface area contributed by atoms with E-state index in [1.165, 1.54) is 24.3 Å². The van der Waals surface area contributed by atoms with E-state index in [1.54, 1.807) is 0 Å². The van der Waals surface area contributed by atoms with Crippen molar-refractivity contribution in [1.29, 1.82) is 0 Å². The van der Waals surface area contributed by atoms with Crippen LogP contribution in [0.15, 0.2) is 34.9 Å². The van der Waals surface area contributed by atoms with Crippen molar-refractivity contribution in [2.45, 2.75) is 6.54 Å². The number of nitrogens with zero attached hydrogens (tertiary/aromatic N) is 2. The Morgan fingerprint density at radius 3 is 2.74 bits per heavy atom. The van der Waals surface area contributed by atoms with Gasteiger partial charge in [0, 0.05) is 6.07 Å². The zero-order valence-corrected chi connectivity index (χ0v) is 9.57. The van der Waals surface area contributed by atoms with Crippen molar-refractivity contribution in [3.63, 3.8) is 0 Å². The third-order valence-corrected chi connectivity index (χ3v) is 2.27. The molecule has 8 heteroatoms. The highest BCUT2D eigenvalue weighted by Crippen LogP contribution is 2.14. The Morgan fingerprint density at radius 2 is 2.21 bits per heavy atom. The summed E-state index contributed by atoms with van der Waals surface area (Å²) < 4.78 is 5.03. The lowest BCUT2D eigenvalue weighted by molar-refractivity contribution is -0.385. The number of carbonyl (C=O) groups is 1. The minimum atomic E-state index is -1.14. The van der Waals surface area contributed by atoms with E-state index in [1.807, 2.05) is 0 Å². The molecule has 0 radical (unpaired) electrons. The second kappa shape index (κ2) is 5.17. The number of anilines is 1. The van der Waals surface area contributed by atoms with Gasteiger partial charge in [0.05, 0.1) is 11.5 Å². The lowest BCUT2D eigenvalue weighted by Crippen LogP contribution is -2.01. The average Bonchev–Trinajstić information content (AvgIpc) is 2.86. The zero-order chi connectivity index (χ0) is 13.8. The van der Waals surface area contributed by atoms with Gasteiger partial charge in [0.2, 0.25) is 5.76 Å². The van der Waals surface area contributed by atoms with Gasteiger partial charge in [-0.3, -0.25) is 10.1 Å². The first-order valence-electron chi connectivity index (χ1n) is 5.22. The fourth-order valence-electron chi connectivity index (χ4n) is 1.36. The summed E-state index contributed by atoms with van der Waals surface area (Å²) in [6.07, 6.45) is 1.13. The highest BCUT2D eigenvalue weighted by molar-refractivity contribution is 5.84. The molecule has 0 aromatic carbocycles. The lowest BCUT2D eigenvalue weighted by Gasteiger charge is -2.02. The minimum Gasteiger partial charge on any atom is -0.475 e. The number of furan rings is 1. The smallest absolute Gasteiger partial charge is 0.371 e. The number of nitro groups is 1. The van der Waals surface area contributed by atoms with Gasteiger partial charge in [-0.2, -0.15) is 0 Å². The van der Waals surface area contributed by atoms with Crippen molar-refractivity contribution >= 4 is 17.5 Å². The Hall–Kier alpha value is -2.90. The van der Waals surface area contributed by atoms with Crippen molar-refractivity contribution in [3.8, 4) is 0 Å². The Kier molecular flexibility index (Phi) is 3.42. The van der Waals surface area contributed by atoms with E-state index >= 15 is 0 Å². The number of carboxylic acids is 1. The molecule has 2 heterocycles. The third-order valence-electron chi connectivity index (χ3n) is 2.27. The van der Waals surface area contributed by atoms with E-state index in [-0.39, 0.29) is 18.0 Å². The molecule has 2 rings (SSSR count). The number of hydrogen-bond donors (Lipinski definition) is 2. The van der Waals surface area contributed by atoms with Crippen LogP contribution in [0.1, 0.15) is 16.3 Å². The van der Waals surface area contributed by atoms with Gasteiger partial charge in [0.25, 0.3) is 5.69 Å². The van der Waals surface area contributed by atoms with Crippen molar-refractivity contribution in [2.24, 2.45) is 0 Å². The third kappa shape index (κ3) is 3.06. The molecule has 2 aromatic heterocycles. The van der Waals surface area contributed by atoms with Crippen LogP contribution >= 0.6 is 0 Å². The van der Waals surface area contributed by atoms with Crippen LogP contribution in [0.4, 0.5) is 11.5 Å². The first-order chi connectivity index (χ1) is 9.06. The molecular formula is C11H9N3O5. The van der Waals surface area contributed by atoms with E-state index in [4.69, 9.17) is 9.52 Å². The number of aromatic carboxylic acids is 1. The van der Waals surface area contributed by atoms with Crippen LogP contribution in [-0.2, 0) is 6.54 Å². The van der Waals surface area contributed by atoms with Crippen LogP contribution in [0.25, 0.3) is 0 Å². The summed E-state index contributed by atoms with van der Waals surface area (Å²) in [5.41, 5.74) is -0.100. The highest BCUT2D eigenvalue weighted by Gasteiger charge is 2.09. The van der Waals surface area contributed by atoms with Crippen molar-refractivity contribution in [1.82, 2.24) is 4.98 Å². The van der Waals surface area contributed by atoms with Crippen LogP contribution in [0.3, 0.4) is 0 Å². The number of pyridine rings is 1. The Morgan fingerprint density at radius 1 is 1.42 bits per heavy atom. The normalized spacial score (nSPS) is 10.1. The summed E-state index contributed by atoms with van der Waals surface area (Å²) in [7, 11) is 0. The quantitative estimate of drug-likeness (QED) is 0.624. The van der Waals surface area contributed by atoms with E-state index in [0.29, 0.717) is 11.6 Å². The Labute approximate surface area is 106 Å². The maximum atomic E-state index is 10.6. The van der Waals surface area contributed by atoms with Crippen molar-refractivity contribution in [3.05, 3.63) is 52.1 Å². The lowest BCUT2D eigenvalue weighted by atomic mass is 10.4. The van der Waals surface area contributed by atoms with Gasteiger partial charge in [-0.15, -0.1) is 0 Å². The summed E-state index contributed by atoms with van der Waals surface area (Å²) in [5, 5.41) is 22.0. The molecule has 8 nitrogen and oxygen atoms in total. The summed E-state index contributed by atoms with van der Waals surface area (Å²) >= 11 is 0. The molecule has 19 heavy (non-hydrogen) atoms. The molecule has 0 aliphatic rings. The molecule has 0 aliphatic heterocycles. The first-order valence-corrected chi connectivity index (χ1v) is 5.22. The van der Waals surface area contributed by atoms with E-state index in [9.17, 15) is 14.9 Å². The molecule has 0 saturated heterocycles. The highest BCUT2D eigenvalue weighted by atomic mass is 16.6. The van der Waals surface area contributed by atoms with Gasteiger partial charge in [-0.1, -0.05) is 0 Å². The van der Waals surface area contributed by atoms with Crippen molar-refractivity contribution in [2.75, 3.05) is 5.32 Å². The largest absolute Gasteiger partial charge is 0.475 e. The molecule has 2 N–H and O–H groups in total. The summed E-state index contributed by atoms with van der Waals surface area (Å²) in [4.78, 5) is 24.3. The molecule has 0 saturated carbocycles. The first kappa shape index (κ1) is 12.6. The molecule has 2 aromatic rings. The van der Waals surface area contributed by atoms with Crippen LogP contribution in [0, 0.1) is 10.1 Å². The summed E-state index contributed by atoms with van der Waals surface area (Å²) in [5.74, 6) is -0.426. The topological polar surface area (TPSA) is 118 Å².